The summed E-state index contributed by atoms with van der Waals surface area (Å²) in [6.07, 6.45) is 1.49. The molecule has 0 fully saturated rings. The minimum atomic E-state index is -0.263. The molecule has 4 nitrogen and oxygen atoms in total. The molecule has 1 heterocycles. The Labute approximate surface area is 171 Å². The Balaban J connectivity index is 1.49. The number of furan rings is 1. The molecule has 0 saturated heterocycles. The Morgan fingerprint density at radius 3 is 2.71 bits per heavy atom. The highest BCUT2D eigenvalue weighted by molar-refractivity contribution is 9.10. The second-order valence-corrected chi connectivity index (χ2v) is 7.27. The predicted octanol–water partition coefficient (Wildman–Crippen LogP) is 5.93. The van der Waals surface area contributed by atoms with E-state index in [1.165, 1.54) is 11.8 Å². The van der Waals surface area contributed by atoms with E-state index in [0.29, 0.717) is 11.3 Å². The van der Waals surface area contributed by atoms with Crippen molar-refractivity contribution in [1.82, 2.24) is 5.43 Å². The maximum atomic E-state index is 12.5. The lowest BCUT2D eigenvalue weighted by atomic mass is 10.0. The number of hydrogen-bond acceptors (Lipinski definition) is 3. The summed E-state index contributed by atoms with van der Waals surface area (Å²) >= 11 is 3.56. The third-order valence-corrected chi connectivity index (χ3v) is 5.07. The van der Waals surface area contributed by atoms with Crippen LogP contribution in [0.1, 0.15) is 21.7 Å². The number of aryl methyl sites for hydroxylation is 1. The molecule has 0 spiro atoms. The van der Waals surface area contributed by atoms with Crippen molar-refractivity contribution in [3.8, 4) is 11.3 Å². The molecule has 1 aromatic heterocycles. The van der Waals surface area contributed by atoms with Crippen molar-refractivity contribution in [2.24, 2.45) is 5.10 Å². The summed E-state index contributed by atoms with van der Waals surface area (Å²) < 4.78 is 6.78. The number of hydrazone groups is 1. The number of nitrogens with one attached hydrogen (secondary N) is 1. The van der Waals surface area contributed by atoms with Gasteiger partial charge in [0.05, 0.1) is 6.21 Å². The summed E-state index contributed by atoms with van der Waals surface area (Å²) in [4.78, 5) is 12.5. The zero-order chi connectivity index (χ0) is 19.5. The molecule has 138 valence electrons. The standard InChI is InChI=1S/C23H17BrN2O2/c1-15-9-11-20(21(24)13-15)22-12-10-17(28-22)14-25-26-23(27)19-8-4-6-16-5-2-3-7-18(16)19/h2-14H,1H3,(H,26,27)/b25-14-. The number of rotatable bonds is 4. The van der Waals surface area contributed by atoms with E-state index in [4.69, 9.17) is 4.42 Å². The fourth-order valence-electron chi connectivity index (χ4n) is 3.03. The Morgan fingerprint density at radius 1 is 1.04 bits per heavy atom. The Hall–Kier alpha value is -3.18. The summed E-state index contributed by atoms with van der Waals surface area (Å²) in [5.41, 5.74) is 5.28. The van der Waals surface area contributed by atoms with Gasteiger partial charge in [-0.2, -0.15) is 5.10 Å². The summed E-state index contributed by atoms with van der Waals surface area (Å²) in [5, 5.41) is 5.94. The number of carbonyl (C=O) groups excluding carboxylic acids is 1. The number of fused-ring (bicyclic) bond motifs is 1. The Morgan fingerprint density at radius 2 is 1.86 bits per heavy atom. The lowest BCUT2D eigenvalue weighted by Gasteiger charge is -2.04. The van der Waals surface area contributed by atoms with Gasteiger partial charge in [-0.05, 0) is 53.6 Å². The average Bonchev–Trinajstić information content (AvgIpc) is 3.16. The van der Waals surface area contributed by atoms with Gasteiger partial charge >= 0.3 is 0 Å². The van der Waals surface area contributed by atoms with Gasteiger partial charge in [0.2, 0.25) is 0 Å². The molecular weight excluding hydrogens is 416 g/mol. The topological polar surface area (TPSA) is 54.6 Å². The van der Waals surface area contributed by atoms with Gasteiger partial charge in [-0.3, -0.25) is 4.79 Å². The quantitative estimate of drug-likeness (QED) is 0.320. The predicted molar refractivity (Wildman–Crippen MR) is 116 cm³/mol. The summed E-state index contributed by atoms with van der Waals surface area (Å²) in [7, 11) is 0. The smallest absolute Gasteiger partial charge is 0.271 e. The molecule has 0 unspecified atom stereocenters. The fourth-order valence-corrected chi connectivity index (χ4v) is 3.71. The first kappa shape index (κ1) is 18.2. The second kappa shape index (κ2) is 7.82. The molecule has 0 atom stereocenters. The van der Waals surface area contributed by atoms with Crippen molar-refractivity contribution in [1.29, 1.82) is 0 Å². The second-order valence-electron chi connectivity index (χ2n) is 6.41. The van der Waals surface area contributed by atoms with Crippen LogP contribution in [0.2, 0.25) is 0 Å². The van der Waals surface area contributed by atoms with Gasteiger partial charge in [0, 0.05) is 15.6 Å². The fraction of sp³-hybridized carbons (Fsp3) is 0.0435. The third-order valence-electron chi connectivity index (χ3n) is 4.41. The molecule has 4 rings (SSSR count). The summed E-state index contributed by atoms with van der Waals surface area (Å²) in [6, 6.07) is 23.1. The molecule has 5 heteroatoms. The van der Waals surface area contributed by atoms with Gasteiger partial charge in [-0.25, -0.2) is 5.43 Å². The largest absolute Gasteiger partial charge is 0.455 e. The van der Waals surface area contributed by atoms with Gasteiger partial charge in [0.25, 0.3) is 5.91 Å². The highest BCUT2D eigenvalue weighted by atomic mass is 79.9. The number of benzene rings is 3. The maximum absolute atomic E-state index is 12.5. The molecular formula is C23H17BrN2O2. The van der Waals surface area contributed by atoms with Crippen molar-refractivity contribution in [3.05, 3.63) is 94.2 Å². The van der Waals surface area contributed by atoms with Crippen LogP contribution in [0.4, 0.5) is 0 Å². The molecule has 28 heavy (non-hydrogen) atoms. The highest BCUT2D eigenvalue weighted by Crippen LogP contribution is 2.30. The van der Waals surface area contributed by atoms with E-state index in [1.807, 2.05) is 73.7 Å². The van der Waals surface area contributed by atoms with Gasteiger partial charge in [0.15, 0.2) is 0 Å². The number of amides is 1. The Bertz CT molecular complexity index is 1190. The molecule has 0 radical (unpaired) electrons. The van der Waals surface area contributed by atoms with E-state index in [0.717, 1.165) is 26.6 Å². The van der Waals surface area contributed by atoms with Gasteiger partial charge in [-0.1, -0.05) is 58.4 Å². The van der Waals surface area contributed by atoms with Crippen LogP contribution in [0.25, 0.3) is 22.1 Å². The first-order valence-corrected chi connectivity index (χ1v) is 9.58. The molecule has 0 aliphatic rings. The first-order valence-electron chi connectivity index (χ1n) is 8.79. The van der Waals surface area contributed by atoms with Gasteiger partial charge < -0.3 is 4.42 Å². The Kier molecular flexibility index (Phi) is 5.08. The van der Waals surface area contributed by atoms with E-state index in [-0.39, 0.29) is 5.91 Å². The zero-order valence-corrected chi connectivity index (χ0v) is 16.7. The molecule has 3 aromatic carbocycles. The number of nitrogens with zero attached hydrogens (tertiary/aromatic N) is 1. The van der Waals surface area contributed by atoms with Crippen LogP contribution in [-0.2, 0) is 0 Å². The summed E-state index contributed by atoms with van der Waals surface area (Å²) in [5.74, 6) is 1.02. The van der Waals surface area contributed by atoms with E-state index in [2.05, 4.69) is 26.5 Å². The normalized spacial score (nSPS) is 11.2. The van der Waals surface area contributed by atoms with Crippen LogP contribution in [0, 0.1) is 6.92 Å². The average molecular weight is 433 g/mol. The minimum absolute atomic E-state index is 0.263. The molecule has 0 aliphatic heterocycles. The van der Waals surface area contributed by atoms with Crippen LogP contribution in [-0.4, -0.2) is 12.1 Å². The van der Waals surface area contributed by atoms with Gasteiger partial charge in [-0.15, -0.1) is 0 Å². The van der Waals surface area contributed by atoms with Crippen molar-refractivity contribution < 1.29 is 9.21 Å². The molecule has 0 aliphatic carbocycles. The van der Waals surface area contributed by atoms with E-state index in [9.17, 15) is 4.79 Å². The lowest BCUT2D eigenvalue weighted by molar-refractivity contribution is 0.0957. The molecule has 0 saturated carbocycles. The van der Waals surface area contributed by atoms with E-state index >= 15 is 0 Å². The van der Waals surface area contributed by atoms with Crippen molar-refractivity contribution in [3.63, 3.8) is 0 Å². The van der Waals surface area contributed by atoms with Crippen molar-refractivity contribution in [2.45, 2.75) is 6.92 Å². The zero-order valence-electron chi connectivity index (χ0n) is 15.1. The monoisotopic (exact) mass is 432 g/mol. The molecule has 4 aromatic rings. The van der Waals surface area contributed by atoms with Crippen LogP contribution in [0.15, 0.2) is 86.8 Å². The van der Waals surface area contributed by atoms with E-state index in [1.54, 1.807) is 6.07 Å². The molecule has 1 N–H and O–H groups in total. The van der Waals surface area contributed by atoms with Crippen LogP contribution in [0.3, 0.4) is 0 Å². The highest BCUT2D eigenvalue weighted by Gasteiger charge is 2.10. The molecule has 1 amide bonds. The van der Waals surface area contributed by atoms with Crippen LogP contribution >= 0.6 is 15.9 Å². The van der Waals surface area contributed by atoms with Gasteiger partial charge in [0.1, 0.15) is 11.5 Å². The molecule has 0 bridgehead atoms. The van der Waals surface area contributed by atoms with Crippen LogP contribution < -0.4 is 5.43 Å². The van der Waals surface area contributed by atoms with Crippen molar-refractivity contribution in [2.75, 3.05) is 0 Å². The minimum Gasteiger partial charge on any atom is -0.455 e. The van der Waals surface area contributed by atoms with E-state index < -0.39 is 0 Å². The number of hydrogen-bond donors (Lipinski definition) is 1. The maximum Gasteiger partial charge on any atom is 0.271 e. The van der Waals surface area contributed by atoms with Crippen molar-refractivity contribution >= 4 is 38.8 Å². The summed E-state index contributed by atoms with van der Waals surface area (Å²) in [6.45, 7) is 2.04. The first-order chi connectivity index (χ1) is 13.6. The third kappa shape index (κ3) is 3.75. The lowest BCUT2D eigenvalue weighted by Crippen LogP contribution is -2.17. The SMILES string of the molecule is Cc1ccc(-c2ccc(/C=N\NC(=O)c3cccc4ccccc34)o2)c(Br)c1. The number of carbonyl (C=O) groups is 1. The van der Waals surface area contributed by atoms with Crippen LogP contribution in [0.5, 0.6) is 0 Å². The number of halogens is 1.